The van der Waals surface area contributed by atoms with E-state index < -0.39 is 44.0 Å². The lowest BCUT2D eigenvalue weighted by Crippen LogP contribution is -2.45. The Balaban J connectivity index is 1.70. The number of ether oxygens (including phenoxy) is 2. The molecule has 0 saturated carbocycles. The van der Waals surface area contributed by atoms with Crippen molar-refractivity contribution in [2.45, 2.75) is 42.8 Å². The van der Waals surface area contributed by atoms with Gasteiger partial charge in [-0.15, -0.1) is 8.78 Å². The van der Waals surface area contributed by atoms with E-state index >= 15 is 0 Å². The molecule has 0 fully saturated rings. The number of alkyl halides is 2. The van der Waals surface area contributed by atoms with E-state index in [4.69, 9.17) is 11.6 Å². The first-order valence-electron chi connectivity index (χ1n) is 8.83. The van der Waals surface area contributed by atoms with E-state index in [1.54, 1.807) is 25.1 Å². The van der Waals surface area contributed by atoms with Crippen molar-refractivity contribution in [1.82, 2.24) is 4.72 Å². The Morgan fingerprint density at radius 2 is 1.93 bits per heavy atom. The van der Waals surface area contributed by atoms with E-state index in [0.717, 1.165) is 17.7 Å². The normalized spacial score (nSPS) is 21.7. The fourth-order valence-electron chi connectivity index (χ4n) is 3.93. The van der Waals surface area contributed by atoms with E-state index in [0.29, 0.717) is 29.8 Å². The summed E-state index contributed by atoms with van der Waals surface area (Å²) in [6.07, 6.45) is -2.73. The number of carbonyl (C=O) groups is 1. The Labute approximate surface area is 170 Å². The summed E-state index contributed by atoms with van der Waals surface area (Å²) in [7, 11) is -4.50. The monoisotopic (exact) mass is 443 g/mol. The van der Waals surface area contributed by atoms with Gasteiger partial charge in [0, 0.05) is 5.02 Å². The van der Waals surface area contributed by atoms with Crippen LogP contribution in [0.3, 0.4) is 0 Å². The first-order chi connectivity index (χ1) is 13.6. The molecule has 0 saturated heterocycles. The maximum atomic E-state index is 13.4. The minimum absolute atomic E-state index is 0.340. The van der Waals surface area contributed by atoms with E-state index in [9.17, 15) is 22.0 Å². The van der Waals surface area contributed by atoms with Crippen LogP contribution in [0.1, 0.15) is 30.9 Å². The molecular formula is C19H16ClF2NO5S. The van der Waals surface area contributed by atoms with Gasteiger partial charge in [0.1, 0.15) is 4.90 Å². The van der Waals surface area contributed by atoms with E-state index in [1.165, 1.54) is 6.07 Å². The van der Waals surface area contributed by atoms with Crippen molar-refractivity contribution < 1.29 is 31.5 Å². The maximum Gasteiger partial charge on any atom is 0.586 e. The van der Waals surface area contributed by atoms with Crippen LogP contribution in [0.25, 0.3) is 0 Å². The molecule has 0 radical (unpaired) electrons. The standard InChI is InChI=1S/C19H16ClF2NO5S/c1-2-18(10-9-11-12(18)5-3-6-13(11)20)17(24)23-29(25,26)15-8-4-7-14-16(15)28-19(21,22)27-14/h3-8H,2,9-10H2,1H3,(H,23,24). The highest BCUT2D eigenvalue weighted by atomic mass is 35.5. The van der Waals surface area contributed by atoms with Gasteiger partial charge >= 0.3 is 6.29 Å². The van der Waals surface area contributed by atoms with Crippen LogP contribution in [0.5, 0.6) is 11.5 Å². The third kappa shape index (κ3) is 3.12. The number of halogens is 3. The number of hydrogen-bond donors (Lipinski definition) is 1. The van der Waals surface area contributed by atoms with Gasteiger partial charge in [-0.3, -0.25) is 4.79 Å². The molecule has 1 aliphatic heterocycles. The van der Waals surface area contributed by atoms with Crippen molar-refractivity contribution in [3.8, 4) is 11.5 Å². The summed E-state index contributed by atoms with van der Waals surface area (Å²) < 4.78 is 63.2. The molecule has 6 nitrogen and oxygen atoms in total. The van der Waals surface area contributed by atoms with Gasteiger partial charge in [-0.1, -0.05) is 36.7 Å². The SMILES string of the molecule is CCC1(C(=O)NS(=O)(=O)c2cccc3c2OC(F)(F)O3)CCc2c(Cl)cccc21. The highest BCUT2D eigenvalue weighted by Crippen LogP contribution is 2.46. The molecule has 0 bridgehead atoms. The topological polar surface area (TPSA) is 81.7 Å². The van der Waals surface area contributed by atoms with E-state index in [-0.39, 0.29) is 0 Å². The van der Waals surface area contributed by atoms with Crippen molar-refractivity contribution in [1.29, 1.82) is 0 Å². The minimum atomic E-state index is -4.50. The molecule has 29 heavy (non-hydrogen) atoms. The van der Waals surface area contributed by atoms with Gasteiger partial charge in [0.25, 0.3) is 10.0 Å². The molecular weight excluding hydrogens is 428 g/mol. The first kappa shape index (κ1) is 19.9. The van der Waals surface area contributed by atoms with E-state index in [2.05, 4.69) is 9.47 Å². The van der Waals surface area contributed by atoms with Crippen LogP contribution < -0.4 is 14.2 Å². The quantitative estimate of drug-likeness (QED) is 0.778. The maximum absolute atomic E-state index is 13.4. The summed E-state index contributed by atoms with van der Waals surface area (Å²) in [4.78, 5) is 12.5. The molecule has 0 spiro atoms. The molecule has 10 heteroatoms. The van der Waals surface area contributed by atoms with Crippen molar-refractivity contribution in [2.75, 3.05) is 0 Å². The number of benzene rings is 2. The van der Waals surface area contributed by atoms with Crippen LogP contribution in [-0.4, -0.2) is 20.6 Å². The van der Waals surface area contributed by atoms with Crippen molar-refractivity contribution in [3.63, 3.8) is 0 Å². The van der Waals surface area contributed by atoms with Crippen LogP contribution in [0.2, 0.25) is 5.02 Å². The number of fused-ring (bicyclic) bond motifs is 2. The summed E-state index contributed by atoms with van der Waals surface area (Å²) >= 11 is 6.23. The molecule has 1 N–H and O–H groups in total. The van der Waals surface area contributed by atoms with Gasteiger partial charge < -0.3 is 9.47 Å². The molecule has 2 aromatic carbocycles. The van der Waals surface area contributed by atoms with E-state index in [1.807, 2.05) is 4.72 Å². The second kappa shape index (κ2) is 6.56. The summed E-state index contributed by atoms with van der Waals surface area (Å²) in [5, 5.41) is 0.516. The van der Waals surface area contributed by atoms with Gasteiger partial charge in [-0.05, 0) is 48.6 Å². The Morgan fingerprint density at radius 3 is 2.66 bits per heavy atom. The lowest BCUT2D eigenvalue weighted by molar-refractivity contribution is -0.287. The number of carbonyl (C=O) groups excluding carboxylic acids is 1. The lowest BCUT2D eigenvalue weighted by atomic mass is 9.79. The fraction of sp³-hybridized carbons (Fsp3) is 0.316. The molecule has 1 heterocycles. The fourth-order valence-corrected chi connectivity index (χ4v) is 5.39. The zero-order chi connectivity index (χ0) is 21.0. The Morgan fingerprint density at radius 1 is 1.21 bits per heavy atom. The summed E-state index contributed by atoms with van der Waals surface area (Å²) in [5.74, 6) is -1.81. The lowest BCUT2D eigenvalue weighted by Gasteiger charge is -2.27. The predicted molar refractivity (Wildman–Crippen MR) is 99.7 cm³/mol. The number of sulfonamides is 1. The Kier molecular flexibility index (Phi) is 4.51. The number of para-hydroxylation sites is 1. The Bertz CT molecular complexity index is 1120. The summed E-state index contributed by atoms with van der Waals surface area (Å²) in [6.45, 7) is 1.78. The number of amides is 1. The summed E-state index contributed by atoms with van der Waals surface area (Å²) in [5.41, 5.74) is 0.386. The largest absolute Gasteiger partial charge is 0.586 e. The van der Waals surface area contributed by atoms with Crippen LogP contribution in [0.15, 0.2) is 41.3 Å². The average Bonchev–Trinajstić information content (AvgIpc) is 3.18. The molecule has 1 atom stereocenters. The molecule has 0 aromatic heterocycles. The number of hydrogen-bond acceptors (Lipinski definition) is 5. The predicted octanol–water partition coefficient (Wildman–Crippen LogP) is 3.76. The molecule has 1 amide bonds. The van der Waals surface area contributed by atoms with Crippen LogP contribution in [0.4, 0.5) is 8.78 Å². The smallest absolute Gasteiger partial charge is 0.395 e. The van der Waals surface area contributed by atoms with Gasteiger partial charge in [0.2, 0.25) is 5.91 Å². The molecule has 4 rings (SSSR count). The summed E-state index contributed by atoms with van der Waals surface area (Å²) in [6, 6.07) is 8.61. The van der Waals surface area contributed by atoms with Crippen molar-refractivity contribution in [3.05, 3.63) is 52.5 Å². The van der Waals surface area contributed by atoms with Crippen LogP contribution in [-0.2, 0) is 26.7 Å². The second-order valence-electron chi connectivity index (χ2n) is 6.89. The molecule has 154 valence electrons. The highest BCUT2D eigenvalue weighted by molar-refractivity contribution is 7.90. The van der Waals surface area contributed by atoms with Crippen LogP contribution in [0, 0.1) is 0 Å². The van der Waals surface area contributed by atoms with Crippen LogP contribution >= 0.6 is 11.6 Å². The highest BCUT2D eigenvalue weighted by Gasteiger charge is 2.48. The third-order valence-corrected chi connectivity index (χ3v) is 7.09. The Hall–Kier alpha value is -2.39. The third-order valence-electron chi connectivity index (χ3n) is 5.38. The zero-order valence-electron chi connectivity index (χ0n) is 15.2. The first-order valence-corrected chi connectivity index (χ1v) is 10.7. The van der Waals surface area contributed by atoms with Gasteiger partial charge in [-0.25, -0.2) is 13.1 Å². The van der Waals surface area contributed by atoms with Gasteiger partial charge in [0.15, 0.2) is 11.5 Å². The molecule has 1 aliphatic carbocycles. The second-order valence-corrected chi connectivity index (χ2v) is 8.95. The number of nitrogens with one attached hydrogen (secondary N) is 1. The van der Waals surface area contributed by atoms with Crippen molar-refractivity contribution in [2.24, 2.45) is 0 Å². The minimum Gasteiger partial charge on any atom is -0.395 e. The molecule has 2 aliphatic rings. The van der Waals surface area contributed by atoms with Crippen molar-refractivity contribution >= 4 is 27.5 Å². The molecule has 1 unspecified atom stereocenters. The average molecular weight is 444 g/mol. The zero-order valence-corrected chi connectivity index (χ0v) is 16.7. The van der Waals surface area contributed by atoms with Gasteiger partial charge in [0.05, 0.1) is 5.41 Å². The molecule has 2 aromatic rings. The van der Waals surface area contributed by atoms with Gasteiger partial charge in [-0.2, -0.15) is 0 Å². The number of rotatable bonds is 4.